The molecule has 1 aliphatic rings. The number of aromatic nitrogens is 2. The Balaban J connectivity index is 1.56. The van der Waals surface area contributed by atoms with Crippen molar-refractivity contribution in [3.8, 4) is 17.0 Å². The molecule has 4 nitrogen and oxygen atoms in total. The Morgan fingerprint density at radius 3 is 2.34 bits per heavy atom. The zero-order chi connectivity index (χ0) is 22.3. The number of rotatable bonds is 8. The van der Waals surface area contributed by atoms with Crippen LogP contribution in [-0.4, -0.2) is 22.9 Å². The molecule has 3 aromatic rings. The van der Waals surface area contributed by atoms with Crippen LogP contribution in [0.25, 0.3) is 11.3 Å². The highest BCUT2D eigenvalue weighted by atomic mass is 16.5. The van der Waals surface area contributed by atoms with E-state index in [9.17, 15) is 4.79 Å². The monoisotopic (exact) mass is 428 g/mol. The Morgan fingerprint density at radius 1 is 0.938 bits per heavy atom. The van der Waals surface area contributed by atoms with Gasteiger partial charge in [-0.15, -0.1) is 0 Å². The molecule has 0 N–H and O–H groups in total. The fraction of sp³-hybridized carbons (Fsp3) is 0.393. The second-order valence-corrected chi connectivity index (χ2v) is 8.96. The van der Waals surface area contributed by atoms with E-state index >= 15 is 0 Å². The molecule has 166 valence electrons. The molecule has 4 heteroatoms. The number of benzene rings is 2. The van der Waals surface area contributed by atoms with Crippen molar-refractivity contribution < 1.29 is 9.53 Å². The molecule has 1 saturated carbocycles. The Labute approximate surface area is 191 Å². The maximum atomic E-state index is 12.9. The van der Waals surface area contributed by atoms with E-state index in [-0.39, 0.29) is 5.78 Å². The van der Waals surface area contributed by atoms with Crippen LogP contribution in [0.15, 0.2) is 54.7 Å². The average Bonchev–Trinajstić information content (AvgIpc) is 2.82. The highest BCUT2D eigenvalue weighted by Crippen LogP contribution is 2.28. The summed E-state index contributed by atoms with van der Waals surface area (Å²) in [6.45, 7) is 2.06. The SMILES string of the molecule is COc1ccc(-c2cnc(CC(=O)Cc3ccc(C)cc3)c(CC3CCCCC3)n2)cc1. The fourth-order valence-corrected chi connectivity index (χ4v) is 4.51. The summed E-state index contributed by atoms with van der Waals surface area (Å²) in [6.07, 6.45) is 9.88. The summed E-state index contributed by atoms with van der Waals surface area (Å²) < 4.78 is 5.27. The van der Waals surface area contributed by atoms with Gasteiger partial charge in [-0.2, -0.15) is 0 Å². The van der Waals surface area contributed by atoms with E-state index < -0.39 is 0 Å². The van der Waals surface area contributed by atoms with Gasteiger partial charge >= 0.3 is 0 Å². The van der Waals surface area contributed by atoms with Crippen molar-refractivity contribution in [1.29, 1.82) is 0 Å². The zero-order valence-corrected chi connectivity index (χ0v) is 19.1. The Hall–Kier alpha value is -3.01. The number of methoxy groups -OCH3 is 1. The minimum Gasteiger partial charge on any atom is -0.497 e. The Kier molecular flexibility index (Phi) is 7.31. The van der Waals surface area contributed by atoms with Crippen LogP contribution < -0.4 is 4.74 Å². The Morgan fingerprint density at radius 2 is 1.66 bits per heavy atom. The predicted molar refractivity (Wildman–Crippen MR) is 128 cm³/mol. The standard InChI is InChI=1S/C28H32N2O2/c1-20-8-10-22(11-9-20)16-24(31)18-26-27(17-21-6-4-3-5-7-21)30-28(19-29-26)23-12-14-25(32-2)15-13-23/h8-15,19,21H,3-7,16-18H2,1-2H3. The fourth-order valence-electron chi connectivity index (χ4n) is 4.51. The van der Waals surface area contributed by atoms with Crippen LogP contribution in [0.1, 0.15) is 54.6 Å². The molecule has 0 atom stereocenters. The van der Waals surface area contributed by atoms with Gasteiger partial charge in [0.1, 0.15) is 11.5 Å². The van der Waals surface area contributed by atoms with Gasteiger partial charge in [0.2, 0.25) is 0 Å². The van der Waals surface area contributed by atoms with E-state index in [1.807, 2.05) is 36.4 Å². The van der Waals surface area contributed by atoms with Crippen LogP contribution in [0.3, 0.4) is 0 Å². The van der Waals surface area contributed by atoms with Crippen molar-refractivity contribution in [1.82, 2.24) is 9.97 Å². The number of carbonyl (C=O) groups is 1. The largest absolute Gasteiger partial charge is 0.497 e. The van der Waals surface area contributed by atoms with Crippen molar-refractivity contribution in [2.24, 2.45) is 5.92 Å². The normalized spacial score (nSPS) is 14.3. The van der Waals surface area contributed by atoms with Gasteiger partial charge in [-0.1, -0.05) is 61.9 Å². The van der Waals surface area contributed by atoms with Gasteiger partial charge in [0.05, 0.1) is 36.8 Å². The molecule has 1 aromatic heterocycles. The minimum absolute atomic E-state index is 0.185. The van der Waals surface area contributed by atoms with Crippen molar-refractivity contribution in [2.75, 3.05) is 7.11 Å². The lowest BCUT2D eigenvalue weighted by atomic mass is 9.85. The van der Waals surface area contributed by atoms with E-state index in [0.29, 0.717) is 18.8 Å². The van der Waals surface area contributed by atoms with Gasteiger partial charge in [0.15, 0.2) is 0 Å². The van der Waals surface area contributed by atoms with Gasteiger partial charge in [-0.25, -0.2) is 4.98 Å². The third-order valence-electron chi connectivity index (χ3n) is 6.41. The van der Waals surface area contributed by atoms with Crippen molar-refractivity contribution in [3.05, 3.63) is 77.2 Å². The first-order valence-corrected chi connectivity index (χ1v) is 11.7. The number of hydrogen-bond acceptors (Lipinski definition) is 4. The van der Waals surface area contributed by atoms with Crippen LogP contribution in [0.4, 0.5) is 0 Å². The first-order valence-electron chi connectivity index (χ1n) is 11.7. The van der Waals surface area contributed by atoms with Crippen LogP contribution in [0.5, 0.6) is 5.75 Å². The molecule has 1 heterocycles. The number of Topliss-reactive ketones (excluding diaryl/α,β-unsaturated/α-hetero) is 1. The van der Waals surface area contributed by atoms with E-state index in [2.05, 4.69) is 19.1 Å². The molecule has 0 unspecified atom stereocenters. The van der Waals surface area contributed by atoms with E-state index in [4.69, 9.17) is 14.7 Å². The van der Waals surface area contributed by atoms with Crippen molar-refractivity contribution in [2.45, 2.75) is 58.3 Å². The summed E-state index contributed by atoms with van der Waals surface area (Å²) in [5, 5.41) is 0. The average molecular weight is 429 g/mol. The molecule has 0 radical (unpaired) electrons. The molecular formula is C28H32N2O2. The number of hydrogen-bond donors (Lipinski definition) is 0. The molecule has 4 rings (SSSR count). The number of nitrogens with zero attached hydrogens (tertiary/aromatic N) is 2. The molecule has 0 spiro atoms. The quantitative estimate of drug-likeness (QED) is 0.446. The first kappa shape index (κ1) is 22.2. The van der Waals surface area contributed by atoms with Crippen LogP contribution >= 0.6 is 0 Å². The molecular weight excluding hydrogens is 396 g/mol. The predicted octanol–water partition coefficient (Wildman–Crippen LogP) is 5.94. The lowest BCUT2D eigenvalue weighted by Gasteiger charge is -2.22. The van der Waals surface area contributed by atoms with Gasteiger partial charge in [-0.05, 0) is 49.1 Å². The molecule has 1 aliphatic carbocycles. The minimum atomic E-state index is 0.185. The number of carbonyl (C=O) groups excluding carboxylic acids is 1. The molecule has 0 saturated heterocycles. The van der Waals surface area contributed by atoms with Crippen LogP contribution in [-0.2, 0) is 24.1 Å². The number of ketones is 1. The van der Waals surface area contributed by atoms with Crippen molar-refractivity contribution in [3.63, 3.8) is 0 Å². The summed E-state index contributed by atoms with van der Waals surface area (Å²) in [5.41, 5.74) is 5.95. The lowest BCUT2D eigenvalue weighted by Crippen LogP contribution is -2.16. The van der Waals surface area contributed by atoms with E-state index in [0.717, 1.165) is 40.4 Å². The third kappa shape index (κ3) is 5.82. The summed E-state index contributed by atoms with van der Waals surface area (Å²) in [7, 11) is 1.67. The zero-order valence-electron chi connectivity index (χ0n) is 19.1. The maximum absolute atomic E-state index is 12.9. The smallest absolute Gasteiger partial charge is 0.143 e. The first-order chi connectivity index (χ1) is 15.6. The molecule has 2 aromatic carbocycles. The van der Waals surface area contributed by atoms with Crippen LogP contribution in [0.2, 0.25) is 0 Å². The number of ether oxygens (including phenoxy) is 1. The van der Waals surface area contributed by atoms with Gasteiger partial charge < -0.3 is 4.74 Å². The molecule has 0 aliphatic heterocycles. The van der Waals surface area contributed by atoms with Gasteiger partial charge in [-0.3, -0.25) is 9.78 Å². The lowest BCUT2D eigenvalue weighted by molar-refractivity contribution is -0.117. The second kappa shape index (κ2) is 10.5. The van der Waals surface area contributed by atoms with Crippen molar-refractivity contribution >= 4 is 5.78 Å². The van der Waals surface area contributed by atoms with Crippen LogP contribution in [0, 0.1) is 12.8 Å². The molecule has 0 amide bonds. The summed E-state index contributed by atoms with van der Waals surface area (Å²) >= 11 is 0. The topological polar surface area (TPSA) is 52.1 Å². The summed E-state index contributed by atoms with van der Waals surface area (Å²) in [4.78, 5) is 22.6. The molecule has 1 fully saturated rings. The van der Waals surface area contributed by atoms with E-state index in [1.165, 1.54) is 37.7 Å². The summed E-state index contributed by atoms with van der Waals surface area (Å²) in [6, 6.07) is 16.1. The highest BCUT2D eigenvalue weighted by Gasteiger charge is 2.19. The van der Waals surface area contributed by atoms with Gasteiger partial charge in [0.25, 0.3) is 0 Å². The highest BCUT2D eigenvalue weighted by molar-refractivity contribution is 5.83. The second-order valence-electron chi connectivity index (χ2n) is 8.96. The summed E-state index contributed by atoms with van der Waals surface area (Å²) in [5.74, 6) is 1.64. The maximum Gasteiger partial charge on any atom is 0.143 e. The van der Waals surface area contributed by atoms with E-state index in [1.54, 1.807) is 13.3 Å². The molecule has 32 heavy (non-hydrogen) atoms. The van der Waals surface area contributed by atoms with Gasteiger partial charge in [0, 0.05) is 12.0 Å². The molecule has 0 bridgehead atoms. The Bertz CT molecular complexity index is 1040. The third-order valence-corrected chi connectivity index (χ3v) is 6.41. The number of aryl methyl sites for hydroxylation is 1.